The molecule has 0 aromatic carbocycles. The number of rotatable bonds is 5. The second kappa shape index (κ2) is 8.26. The number of likely N-dealkylation sites (N-methyl/N-ethyl adjacent to an activating group) is 1. The summed E-state index contributed by atoms with van der Waals surface area (Å²) in [4.78, 5) is 26.3. The minimum Gasteiger partial charge on any atom is -0.479 e. The van der Waals surface area contributed by atoms with E-state index in [-0.39, 0.29) is 5.91 Å². The lowest BCUT2D eigenvalue weighted by Crippen LogP contribution is -2.37. The average Bonchev–Trinajstić information content (AvgIpc) is 3.19. The van der Waals surface area contributed by atoms with Crippen molar-refractivity contribution in [1.82, 2.24) is 24.9 Å². The van der Waals surface area contributed by atoms with Crippen LogP contribution in [0.4, 0.5) is 0 Å². The molecule has 0 saturated carbocycles. The lowest BCUT2D eigenvalue weighted by molar-refractivity contribution is -0.132. The molecule has 2 aromatic rings. The van der Waals surface area contributed by atoms with Crippen molar-refractivity contribution in [1.29, 1.82) is 0 Å². The van der Waals surface area contributed by atoms with Gasteiger partial charge >= 0.3 is 0 Å². The Labute approximate surface area is 164 Å². The zero-order valence-electron chi connectivity index (χ0n) is 16.6. The molecule has 0 unspecified atom stereocenters. The summed E-state index contributed by atoms with van der Waals surface area (Å²) in [5.41, 5.74) is 2.16. The smallest absolute Gasteiger partial charge is 0.254 e. The van der Waals surface area contributed by atoms with Crippen LogP contribution >= 0.6 is 0 Å². The van der Waals surface area contributed by atoms with Crippen molar-refractivity contribution >= 4 is 5.91 Å². The van der Waals surface area contributed by atoms with E-state index in [1.807, 2.05) is 11.1 Å². The quantitative estimate of drug-likeness (QED) is 0.776. The normalized spacial score (nSPS) is 20.1. The van der Waals surface area contributed by atoms with Crippen LogP contribution in [0.1, 0.15) is 48.0 Å². The number of hydrogen-bond donors (Lipinski definition) is 0. The standard InChI is InChI=1S/C20H27N5O3/c1-24-8-3-4-14(12-24)20-21-11-15-13-25(9-7-17(15)22-20)19(26)6-5-16-10-18(27-2)23-28-16/h10-11,14H,3-9,12-13H2,1-2H3/t14-/m0/s1. The van der Waals surface area contributed by atoms with Crippen LogP contribution in [0.2, 0.25) is 0 Å². The van der Waals surface area contributed by atoms with Crippen LogP contribution in [0.3, 0.4) is 0 Å². The number of nitrogens with zero attached hydrogens (tertiary/aromatic N) is 5. The van der Waals surface area contributed by atoms with Crippen molar-refractivity contribution in [2.45, 2.75) is 44.6 Å². The number of methoxy groups -OCH3 is 1. The van der Waals surface area contributed by atoms with E-state index >= 15 is 0 Å². The fourth-order valence-electron chi connectivity index (χ4n) is 4.01. The first-order chi connectivity index (χ1) is 13.6. The number of carbonyl (C=O) groups excluding carboxylic acids is 1. The minimum atomic E-state index is 0.110. The highest BCUT2D eigenvalue weighted by atomic mass is 16.5. The highest BCUT2D eigenvalue weighted by molar-refractivity contribution is 5.76. The molecule has 2 aliphatic rings. The Morgan fingerprint density at radius 1 is 1.39 bits per heavy atom. The topological polar surface area (TPSA) is 84.6 Å². The van der Waals surface area contributed by atoms with E-state index in [2.05, 4.69) is 22.1 Å². The van der Waals surface area contributed by atoms with E-state index < -0.39 is 0 Å². The van der Waals surface area contributed by atoms with Crippen LogP contribution in [-0.4, -0.2) is 64.6 Å². The summed E-state index contributed by atoms with van der Waals surface area (Å²) >= 11 is 0. The van der Waals surface area contributed by atoms with E-state index in [0.717, 1.165) is 43.0 Å². The summed E-state index contributed by atoms with van der Waals surface area (Å²) in [6, 6.07) is 1.72. The van der Waals surface area contributed by atoms with Crippen molar-refractivity contribution in [3.63, 3.8) is 0 Å². The van der Waals surface area contributed by atoms with Gasteiger partial charge in [-0.05, 0) is 31.6 Å². The Balaban J connectivity index is 1.35. The van der Waals surface area contributed by atoms with E-state index in [1.165, 1.54) is 13.5 Å². The van der Waals surface area contributed by atoms with Crippen LogP contribution < -0.4 is 4.74 Å². The van der Waals surface area contributed by atoms with Gasteiger partial charge in [-0.15, -0.1) is 0 Å². The Morgan fingerprint density at radius 2 is 2.29 bits per heavy atom. The van der Waals surface area contributed by atoms with Gasteiger partial charge in [-0.2, -0.15) is 0 Å². The third-order valence-electron chi connectivity index (χ3n) is 5.63. The van der Waals surface area contributed by atoms with E-state index in [9.17, 15) is 4.79 Å². The fraction of sp³-hybridized carbons (Fsp3) is 0.600. The predicted molar refractivity (Wildman–Crippen MR) is 102 cm³/mol. The summed E-state index contributed by atoms with van der Waals surface area (Å²) in [6.45, 7) is 3.46. The monoisotopic (exact) mass is 385 g/mol. The van der Waals surface area contributed by atoms with Gasteiger partial charge in [0, 0.05) is 62.6 Å². The molecule has 1 saturated heterocycles. The number of aromatic nitrogens is 3. The zero-order valence-corrected chi connectivity index (χ0v) is 16.6. The summed E-state index contributed by atoms with van der Waals surface area (Å²) < 4.78 is 10.2. The Bertz CT molecular complexity index is 837. The molecule has 8 nitrogen and oxygen atoms in total. The van der Waals surface area contributed by atoms with Crippen molar-refractivity contribution in [3.05, 3.63) is 35.1 Å². The number of fused-ring (bicyclic) bond motifs is 1. The third kappa shape index (κ3) is 4.16. The summed E-state index contributed by atoms with van der Waals surface area (Å²) in [5, 5.41) is 3.76. The van der Waals surface area contributed by atoms with Gasteiger partial charge in [0.15, 0.2) is 0 Å². The third-order valence-corrected chi connectivity index (χ3v) is 5.63. The molecule has 2 aliphatic heterocycles. The average molecular weight is 385 g/mol. The fourth-order valence-corrected chi connectivity index (χ4v) is 4.01. The van der Waals surface area contributed by atoms with Crippen molar-refractivity contribution in [2.24, 2.45) is 0 Å². The lowest BCUT2D eigenvalue weighted by Gasteiger charge is -2.31. The van der Waals surface area contributed by atoms with Gasteiger partial charge in [-0.3, -0.25) is 4.79 Å². The molecular weight excluding hydrogens is 358 g/mol. The highest BCUT2D eigenvalue weighted by Gasteiger charge is 2.26. The number of hydrogen-bond acceptors (Lipinski definition) is 7. The molecule has 0 spiro atoms. The second-order valence-electron chi connectivity index (χ2n) is 7.70. The summed E-state index contributed by atoms with van der Waals surface area (Å²) in [5.74, 6) is 2.59. The van der Waals surface area contributed by atoms with Gasteiger partial charge in [0.05, 0.1) is 12.8 Å². The molecule has 4 heterocycles. The van der Waals surface area contributed by atoms with Gasteiger partial charge in [0.25, 0.3) is 5.88 Å². The molecule has 1 amide bonds. The number of ether oxygens (including phenoxy) is 1. The molecule has 0 aliphatic carbocycles. The van der Waals surface area contributed by atoms with Crippen molar-refractivity contribution < 1.29 is 14.1 Å². The maximum absolute atomic E-state index is 12.6. The number of piperidine rings is 1. The van der Waals surface area contributed by atoms with Gasteiger partial charge in [0.2, 0.25) is 5.91 Å². The highest BCUT2D eigenvalue weighted by Crippen LogP contribution is 2.26. The molecule has 150 valence electrons. The van der Waals surface area contributed by atoms with Gasteiger partial charge < -0.3 is 19.1 Å². The molecule has 0 bridgehead atoms. The molecule has 1 atom stereocenters. The SMILES string of the molecule is COc1cc(CCC(=O)N2CCc3nc([C@H]4CCCN(C)C4)ncc3C2)on1. The number of aryl methyl sites for hydroxylation is 1. The van der Waals surface area contributed by atoms with Gasteiger partial charge in [-0.1, -0.05) is 0 Å². The zero-order chi connectivity index (χ0) is 19.5. The van der Waals surface area contributed by atoms with Crippen LogP contribution in [-0.2, 0) is 24.2 Å². The van der Waals surface area contributed by atoms with E-state index in [4.69, 9.17) is 14.2 Å². The molecule has 8 heteroatoms. The molecule has 28 heavy (non-hydrogen) atoms. The molecule has 0 radical (unpaired) electrons. The number of carbonyl (C=O) groups is 1. The van der Waals surface area contributed by atoms with E-state index in [0.29, 0.717) is 43.5 Å². The Kier molecular flexibility index (Phi) is 5.57. The summed E-state index contributed by atoms with van der Waals surface area (Å²) in [7, 11) is 3.70. The molecular formula is C20H27N5O3. The number of likely N-dealkylation sites (tertiary alicyclic amines) is 1. The summed E-state index contributed by atoms with van der Waals surface area (Å²) in [6.07, 6.45) is 5.97. The van der Waals surface area contributed by atoms with Gasteiger partial charge in [-0.25, -0.2) is 9.97 Å². The Morgan fingerprint density at radius 3 is 3.07 bits per heavy atom. The molecule has 1 fully saturated rings. The molecule has 0 N–H and O–H groups in total. The Hall–Kier alpha value is -2.48. The van der Waals surface area contributed by atoms with E-state index in [1.54, 1.807) is 6.07 Å². The minimum absolute atomic E-state index is 0.110. The van der Waals surface area contributed by atoms with Crippen LogP contribution in [0, 0.1) is 0 Å². The van der Waals surface area contributed by atoms with Crippen molar-refractivity contribution in [2.75, 3.05) is 33.8 Å². The first kappa shape index (κ1) is 18.9. The molecule has 4 rings (SSSR count). The van der Waals surface area contributed by atoms with Crippen LogP contribution in [0.5, 0.6) is 5.88 Å². The van der Waals surface area contributed by atoms with Crippen LogP contribution in [0.15, 0.2) is 16.8 Å². The van der Waals surface area contributed by atoms with Crippen LogP contribution in [0.25, 0.3) is 0 Å². The maximum atomic E-state index is 12.6. The maximum Gasteiger partial charge on any atom is 0.254 e. The molecule has 2 aromatic heterocycles. The first-order valence-corrected chi connectivity index (χ1v) is 9.93. The largest absolute Gasteiger partial charge is 0.479 e. The van der Waals surface area contributed by atoms with Crippen molar-refractivity contribution in [3.8, 4) is 5.88 Å². The predicted octanol–water partition coefficient (Wildman–Crippen LogP) is 1.80. The first-order valence-electron chi connectivity index (χ1n) is 9.93. The second-order valence-corrected chi connectivity index (χ2v) is 7.70. The lowest BCUT2D eigenvalue weighted by atomic mass is 9.97. The number of amides is 1. The van der Waals surface area contributed by atoms with Gasteiger partial charge in [0.1, 0.15) is 11.6 Å².